The van der Waals surface area contributed by atoms with Crippen molar-refractivity contribution in [3.8, 4) is 0 Å². The first-order chi connectivity index (χ1) is 11.1. The van der Waals surface area contributed by atoms with Gasteiger partial charge in [-0.05, 0) is 37.5 Å². The summed E-state index contributed by atoms with van der Waals surface area (Å²) in [5.41, 5.74) is 0.995. The predicted octanol–water partition coefficient (Wildman–Crippen LogP) is 3.13. The third-order valence-electron chi connectivity index (χ3n) is 4.57. The second-order valence-corrected chi connectivity index (χ2v) is 6.15. The second-order valence-electron chi connectivity index (χ2n) is 6.15. The maximum Gasteiger partial charge on any atom is 0.222 e. The topological polar surface area (TPSA) is 38.1 Å². The molecule has 0 bridgehead atoms. The Bertz CT molecular complexity index is 682. The fraction of sp³-hybridized carbons (Fsp3) is 0.444. The minimum absolute atomic E-state index is 0.196. The van der Waals surface area contributed by atoms with Gasteiger partial charge in [-0.2, -0.15) is 0 Å². The number of rotatable bonds is 5. The molecule has 5 heteroatoms. The first kappa shape index (κ1) is 15.7. The summed E-state index contributed by atoms with van der Waals surface area (Å²) < 4.78 is 15.4. The smallest absolute Gasteiger partial charge is 0.222 e. The summed E-state index contributed by atoms with van der Waals surface area (Å²) in [5.74, 6) is 1.22. The van der Waals surface area contributed by atoms with Crippen LogP contribution in [0.2, 0.25) is 0 Å². The van der Waals surface area contributed by atoms with E-state index in [9.17, 15) is 9.18 Å². The Morgan fingerprint density at radius 3 is 3.04 bits per heavy atom. The highest BCUT2D eigenvalue weighted by Crippen LogP contribution is 2.28. The molecule has 23 heavy (non-hydrogen) atoms. The molecule has 4 nitrogen and oxygen atoms in total. The van der Waals surface area contributed by atoms with Gasteiger partial charge in [0.1, 0.15) is 11.6 Å². The number of hydrogen-bond acceptors (Lipinski definition) is 2. The number of aromatic nitrogens is 2. The highest BCUT2D eigenvalue weighted by molar-refractivity contribution is 5.76. The average Bonchev–Trinajstić information content (AvgIpc) is 3.17. The number of imidazole rings is 1. The Labute approximate surface area is 135 Å². The number of halogens is 1. The van der Waals surface area contributed by atoms with Gasteiger partial charge in [-0.15, -0.1) is 0 Å². The van der Waals surface area contributed by atoms with Gasteiger partial charge in [0.25, 0.3) is 0 Å². The molecule has 1 saturated heterocycles. The Balaban J connectivity index is 1.48. The zero-order valence-corrected chi connectivity index (χ0v) is 13.4. The molecule has 1 aliphatic heterocycles. The van der Waals surface area contributed by atoms with Crippen molar-refractivity contribution >= 4 is 5.91 Å². The van der Waals surface area contributed by atoms with Crippen molar-refractivity contribution in [2.45, 2.75) is 38.6 Å². The lowest BCUT2D eigenvalue weighted by molar-refractivity contribution is -0.130. The van der Waals surface area contributed by atoms with E-state index < -0.39 is 0 Å². The molecule has 2 aromatic rings. The molecular weight excluding hydrogens is 293 g/mol. The summed E-state index contributed by atoms with van der Waals surface area (Å²) in [4.78, 5) is 18.4. The summed E-state index contributed by atoms with van der Waals surface area (Å²) in [7, 11) is 0. The molecule has 1 aromatic heterocycles. The fourth-order valence-electron chi connectivity index (χ4n) is 3.22. The van der Waals surface area contributed by atoms with E-state index >= 15 is 0 Å². The third-order valence-corrected chi connectivity index (χ3v) is 4.57. The molecular formula is C18H22FN3O. The fourth-order valence-corrected chi connectivity index (χ4v) is 3.22. The number of benzene rings is 1. The number of carbonyl (C=O) groups excluding carboxylic acids is 1. The SMILES string of the molecule is Cc1nccn1CCCC(=O)N1CCC(c2cccc(F)c2)C1. The van der Waals surface area contributed by atoms with Crippen molar-refractivity contribution in [3.63, 3.8) is 0 Å². The first-order valence-corrected chi connectivity index (χ1v) is 8.14. The summed E-state index contributed by atoms with van der Waals surface area (Å²) in [6.07, 6.45) is 6.00. The quantitative estimate of drug-likeness (QED) is 0.850. The molecule has 1 aromatic carbocycles. The highest BCUT2D eigenvalue weighted by atomic mass is 19.1. The number of amides is 1. The van der Waals surface area contributed by atoms with Crippen molar-refractivity contribution in [2.24, 2.45) is 0 Å². The standard InChI is InChI=1S/C18H22FN3O/c1-14-20-8-11-21(14)9-3-6-18(23)22-10-7-16(13-22)15-4-2-5-17(19)12-15/h2,4-5,8,11-12,16H,3,6-7,9-10,13H2,1H3. The molecule has 3 rings (SSSR count). The molecule has 1 aliphatic rings. The van der Waals surface area contributed by atoms with Crippen LogP contribution in [0.4, 0.5) is 4.39 Å². The van der Waals surface area contributed by atoms with Crippen molar-refractivity contribution < 1.29 is 9.18 Å². The van der Waals surface area contributed by atoms with Crippen LogP contribution < -0.4 is 0 Å². The minimum Gasteiger partial charge on any atom is -0.342 e. The zero-order valence-electron chi connectivity index (χ0n) is 13.4. The minimum atomic E-state index is -0.206. The van der Waals surface area contributed by atoms with Crippen LogP contribution in [-0.4, -0.2) is 33.4 Å². The Morgan fingerprint density at radius 2 is 2.30 bits per heavy atom. The van der Waals surface area contributed by atoms with Gasteiger partial charge in [0, 0.05) is 44.4 Å². The number of hydrogen-bond donors (Lipinski definition) is 0. The molecule has 1 fully saturated rings. The van der Waals surface area contributed by atoms with Crippen molar-refractivity contribution in [2.75, 3.05) is 13.1 Å². The van der Waals surface area contributed by atoms with E-state index in [1.165, 1.54) is 6.07 Å². The van der Waals surface area contributed by atoms with Gasteiger partial charge >= 0.3 is 0 Å². The number of aryl methyl sites for hydroxylation is 2. The van der Waals surface area contributed by atoms with E-state index in [4.69, 9.17) is 0 Å². The van der Waals surface area contributed by atoms with Crippen LogP contribution in [0.1, 0.15) is 36.6 Å². The lowest BCUT2D eigenvalue weighted by Gasteiger charge is -2.17. The van der Waals surface area contributed by atoms with Crippen LogP contribution in [0, 0.1) is 12.7 Å². The molecule has 1 amide bonds. The molecule has 0 radical (unpaired) electrons. The van der Waals surface area contributed by atoms with Gasteiger partial charge in [-0.25, -0.2) is 9.37 Å². The van der Waals surface area contributed by atoms with Gasteiger partial charge in [0.2, 0.25) is 5.91 Å². The third kappa shape index (κ3) is 3.78. The van der Waals surface area contributed by atoms with Crippen LogP contribution in [-0.2, 0) is 11.3 Å². The summed E-state index contributed by atoms with van der Waals surface area (Å²) >= 11 is 0. The first-order valence-electron chi connectivity index (χ1n) is 8.14. The van der Waals surface area contributed by atoms with E-state index in [1.54, 1.807) is 18.3 Å². The highest BCUT2D eigenvalue weighted by Gasteiger charge is 2.27. The second kappa shape index (κ2) is 6.94. The Kier molecular flexibility index (Phi) is 4.74. The predicted molar refractivity (Wildman–Crippen MR) is 86.5 cm³/mol. The van der Waals surface area contributed by atoms with Crippen LogP contribution in [0.15, 0.2) is 36.7 Å². The molecule has 0 N–H and O–H groups in total. The summed E-state index contributed by atoms with van der Waals surface area (Å²) in [6, 6.07) is 6.73. The molecule has 1 unspecified atom stereocenters. The number of likely N-dealkylation sites (tertiary alicyclic amines) is 1. The van der Waals surface area contributed by atoms with Gasteiger partial charge < -0.3 is 9.47 Å². The van der Waals surface area contributed by atoms with E-state index in [2.05, 4.69) is 9.55 Å². The number of nitrogens with zero attached hydrogens (tertiary/aromatic N) is 3. The van der Waals surface area contributed by atoms with E-state index in [0.717, 1.165) is 37.3 Å². The summed E-state index contributed by atoms with van der Waals surface area (Å²) in [5, 5.41) is 0. The van der Waals surface area contributed by atoms with Crippen LogP contribution in [0.25, 0.3) is 0 Å². The lowest BCUT2D eigenvalue weighted by Crippen LogP contribution is -2.28. The van der Waals surface area contributed by atoms with Crippen LogP contribution >= 0.6 is 0 Å². The maximum absolute atomic E-state index is 13.3. The van der Waals surface area contributed by atoms with Crippen LogP contribution in [0.3, 0.4) is 0 Å². The van der Waals surface area contributed by atoms with Crippen molar-refractivity contribution in [3.05, 3.63) is 53.9 Å². The average molecular weight is 315 g/mol. The monoisotopic (exact) mass is 315 g/mol. The normalized spacial score (nSPS) is 17.7. The molecule has 0 spiro atoms. The Morgan fingerprint density at radius 1 is 1.43 bits per heavy atom. The van der Waals surface area contributed by atoms with Gasteiger partial charge in [-0.3, -0.25) is 4.79 Å². The number of carbonyl (C=O) groups is 1. The summed E-state index contributed by atoms with van der Waals surface area (Å²) in [6.45, 7) is 4.25. The van der Waals surface area contributed by atoms with Crippen LogP contribution in [0.5, 0.6) is 0 Å². The van der Waals surface area contributed by atoms with Gasteiger partial charge in [-0.1, -0.05) is 12.1 Å². The maximum atomic E-state index is 13.3. The molecule has 2 heterocycles. The van der Waals surface area contributed by atoms with Crippen molar-refractivity contribution in [1.82, 2.24) is 14.5 Å². The van der Waals surface area contributed by atoms with E-state index in [0.29, 0.717) is 13.0 Å². The molecule has 0 aliphatic carbocycles. The molecule has 122 valence electrons. The molecule has 0 saturated carbocycles. The van der Waals surface area contributed by atoms with E-state index in [1.807, 2.05) is 24.1 Å². The van der Waals surface area contributed by atoms with Gasteiger partial charge in [0.05, 0.1) is 0 Å². The Hall–Kier alpha value is -2.17. The lowest BCUT2D eigenvalue weighted by atomic mass is 9.98. The van der Waals surface area contributed by atoms with E-state index in [-0.39, 0.29) is 17.6 Å². The largest absolute Gasteiger partial charge is 0.342 e. The van der Waals surface area contributed by atoms with Gasteiger partial charge in [0.15, 0.2) is 0 Å². The molecule has 1 atom stereocenters. The van der Waals surface area contributed by atoms with Crippen molar-refractivity contribution in [1.29, 1.82) is 0 Å². The zero-order chi connectivity index (χ0) is 16.2.